The van der Waals surface area contributed by atoms with E-state index in [4.69, 9.17) is 0 Å². The highest BCUT2D eigenvalue weighted by atomic mass is 14.5. The molecule has 0 aromatic heterocycles. The van der Waals surface area contributed by atoms with Crippen LogP contribution in [0.25, 0.3) is 0 Å². The first-order chi connectivity index (χ1) is 5.36. The van der Waals surface area contributed by atoms with Crippen molar-refractivity contribution < 1.29 is 0 Å². The molecule has 0 nitrogen and oxygen atoms in total. The lowest BCUT2D eigenvalue weighted by molar-refractivity contribution is 0.395. The fraction of sp³-hybridized carbons (Fsp3) is 0.636. The van der Waals surface area contributed by atoms with Gasteiger partial charge in [0.15, 0.2) is 0 Å². The van der Waals surface area contributed by atoms with Crippen molar-refractivity contribution in [3.05, 3.63) is 24.3 Å². The molecule has 11 heavy (non-hydrogen) atoms. The van der Waals surface area contributed by atoms with Crippen molar-refractivity contribution in [2.24, 2.45) is 23.7 Å². The van der Waals surface area contributed by atoms with E-state index in [2.05, 4.69) is 18.7 Å². The average molecular weight is 146 g/mol. The topological polar surface area (TPSA) is 0 Å². The second-order valence-electron chi connectivity index (χ2n) is 4.33. The Morgan fingerprint density at radius 2 is 2.09 bits per heavy atom. The van der Waals surface area contributed by atoms with Crippen LogP contribution in [0, 0.1) is 23.7 Å². The fourth-order valence-corrected chi connectivity index (χ4v) is 3.44. The maximum Gasteiger partial charge on any atom is -0.0109 e. The maximum atomic E-state index is 4.18. The second-order valence-corrected chi connectivity index (χ2v) is 4.33. The third-order valence-electron chi connectivity index (χ3n) is 3.89. The first kappa shape index (κ1) is 6.05. The number of fused-ring (bicyclic) bond motifs is 5. The number of hydrogen-bond acceptors (Lipinski definition) is 0. The first-order valence-corrected chi connectivity index (χ1v) is 4.72. The van der Waals surface area contributed by atoms with E-state index in [1.807, 2.05) is 0 Å². The lowest BCUT2D eigenvalue weighted by atomic mass is 9.85. The molecule has 0 heterocycles. The van der Waals surface area contributed by atoms with E-state index in [-0.39, 0.29) is 0 Å². The van der Waals surface area contributed by atoms with E-state index in [0.717, 1.165) is 23.7 Å². The molecule has 3 aliphatic rings. The third kappa shape index (κ3) is 0.610. The van der Waals surface area contributed by atoms with Gasteiger partial charge in [0.05, 0.1) is 0 Å². The molecule has 2 saturated carbocycles. The molecule has 0 saturated heterocycles. The van der Waals surface area contributed by atoms with E-state index in [0.29, 0.717) is 0 Å². The summed E-state index contributed by atoms with van der Waals surface area (Å²) in [5.41, 5.74) is 1.55. The van der Waals surface area contributed by atoms with Gasteiger partial charge in [0.1, 0.15) is 0 Å². The number of rotatable bonds is 0. The van der Waals surface area contributed by atoms with Crippen LogP contribution >= 0.6 is 0 Å². The molecule has 0 spiro atoms. The zero-order valence-electron chi connectivity index (χ0n) is 6.79. The summed E-state index contributed by atoms with van der Waals surface area (Å²) in [6.45, 7) is 4.18. The molecule has 2 fully saturated rings. The first-order valence-electron chi connectivity index (χ1n) is 4.72. The van der Waals surface area contributed by atoms with Gasteiger partial charge in [0.25, 0.3) is 0 Å². The fourth-order valence-electron chi connectivity index (χ4n) is 3.44. The minimum Gasteiger partial charge on any atom is -0.0995 e. The van der Waals surface area contributed by atoms with Crippen molar-refractivity contribution in [3.8, 4) is 0 Å². The predicted molar refractivity (Wildman–Crippen MR) is 46.1 cm³/mol. The predicted octanol–water partition coefficient (Wildman–Crippen LogP) is 2.77. The van der Waals surface area contributed by atoms with Crippen molar-refractivity contribution >= 4 is 0 Å². The monoisotopic (exact) mass is 146 g/mol. The van der Waals surface area contributed by atoms with Crippen molar-refractivity contribution in [1.29, 1.82) is 0 Å². The molecule has 0 aromatic rings. The maximum absolute atomic E-state index is 4.18. The van der Waals surface area contributed by atoms with E-state index in [9.17, 15) is 0 Å². The Morgan fingerprint density at radius 1 is 1.27 bits per heavy atom. The Kier molecular flexibility index (Phi) is 0.988. The Labute approximate surface area is 68.0 Å². The van der Waals surface area contributed by atoms with Gasteiger partial charge >= 0.3 is 0 Å². The van der Waals surface area contributed by atoms with Crippen LogP contribution in [0.4, 0.5) is 0 Å². The molecule has 58 valence electrons. The van der Waals surface area contributed by atoms with Crippen LogP contribution < -0.4 is 0 Å². The summed E-state index contributed by atoms with van der Waals surface area (Å²) in [6.07, 6.45) is 9.06. The Balaban J connectivity index is 2.03. The molecule has 0 heteroatoms. The van der Waals surface area contributed by atoms with E-state index in [1.54, 1.807) is 5.57 Å². The third-order valence-corrected chi connectivity index (χ3v) is 3.89. The largest absolute Gasteiger partial charge is 0.0995 e. The van der Waals surface area contributed by atoms with Crippen molar-refractivity contribution in [3.63, 3.8) is 0 Å². The molecule has 4 atom stereocenters. The minimum absolute atomic E-state index is 0.889. The highest BCUT2D eigenvalue weighted by Gasteiger charge is 2.47. The highest BCUT2D eigenvalue weighted by Crippen LogP contribution is 2.56. The zero-order chi connectivity index (χ0) is 7.42. The molecule has 0 amide bonds. The summed E-state index contributed by atoms with van der Waals surface area (Å²) in [4.78, 5) is 0. The van der Waals surface area contributed by atoms with Crippen molar-refractivity contribution in [1.82, 2.24) is 0 Å². The SMILES string of the molecule is C=C1CCC2C3C=CC(C3)C12. The van der Waals surface area contributed by atoms with Gasteiger partial charge in [0.2, 0.25) is 0 Å². The normalized spacial score (nSPS) is 52.2. The standard InChI is InChI=1S/C11H14/c1-7-2-5-10-8-3-4-9(6-8)11(7)10/h3-4,8-11H,1-2,5-6H2. The van der Waals surface area contributed by atoms with Gasteiger partial charge in [-0.25, -0.2) is 0 Å². The molecular weight excluding hydrogens is 132 g/mol. The van der Waals surface area contributed by atoms with E-state index >= 15 is 0 Å². The molecule has 0 aliphatic heterocycles. The number of allylic oxidation sites excluding steroid dienone is 3. The molecule has 4 unspecified atom stereocenters. The molecule has 0 aromatic carbocycles. The van der Waals surface area contributed by atoms with E-state index < -0.39 is 0 Å². The summed E-state index contributed by atoms with van der Waals surface area (Å²) in [5, 5.41) is 0. The lowest BCUT2D eigenvalue weighted by Crippen LogP contribution is -2.13. The van der Waals surface area contributed by atoms with Gasteiger partial charge in [-0.3, -0.25) is 0 Å². The van der Waals surface area contributed by atoms with Gasteiger partial charge in [-0.05, 0) is 42.9 Å². The molecular formula is C11H14. The summed E-state index contributed by atoms with van der Waals surface area (Å²) in [5.74, 6) is 3.71. The van der Waals surface area contributed by atoms with Gasteiger partial charge in [-0.15, -0.1) is 0 Å². The average Bonchev–Trinajstić information content (AvgIpc) is 2.60. The number of hydrogen-bond donors (Lipinski definition) is 0. The van der Waals surface area contributed by atoms with Gasteiger partial charge < -0.3 is 0 Å². The van der Waals surface area contributed by atoms with Gasteiger partial charge in [-0.1, -0.05) is 24.3 Å². The summed E-state index contributed by atoms with van der Waals surface area (Å²) >= 11 is 0. The van der Waals surface area contributed by atoms with E-state index in [1.165, 1.54) is 19.3 Å². The van der Waals surface area contributed by atoms with Crippen LogP contribution in [0.5, 0.6) is 0 Å². The molecule has 3 aliphatic carbocycles. The molecule has 3 rings (SSSR count). The Morgan fingerprint density at radius 3 is 2.91 bits per heavy atom. The van der Waals surface area contributed by atoms with Crippen LogP contribution in [0.2, 0.25) is 0 Å². The summed E-state index contributed by atoms with van der Waals surface area (Å²) < 4.78 is 0. The Bertz CT molecular complexity index is 236. The van der Waals surface area contributed by atoms with Gasteiger partial charge in [0, 0.05) is 0 Å². The van der Waals surface area contributed by atoms with Crippen molar-refractivity contribution in [2.75, 3.05) is 0 Å². The summed E-state index contributed by atoms with van der Waals surface area (Å²) in [6, 6.07) is 0. The second kappa shape index (κ2) is 1.80. The van der Waals surface area contributed by atoms with Gasteiger partial charge in [-0.2, -0.15) is 0 Å². The van der Waals surface area contributed by atoms with Crippen LogP contribution in [0.15, 0.2) is 24.3 Å². The molecule has 0 N–H and O–H groups in total. The smallest absolute Gasteiger partial charge is 0.0109 e. The quantitative estimate of drug-likeness (QED) is 0.461. The molecule has 2 bridgehead atoms. The van der Waals surface area contributed by atoms with Crippen LogP contribution in [-0.4, -0.2) is 0 Å². The molecule has 0 radical (unpaired) electrons. The lowest BCUT2D eigenvalue weighted by Gasteiger charge is -2.20. The Hall–Kier alpha value is -0.520. The minimum atomic E-state index is 0.889. The van der Waals surface area contributed by atoms with Crippen LogP contribution in [0.3, 0.4) is 0 Å². The summed E-state index contributed by atoms with van der Waals surface area (Å²) in [7, 11) is 0. The van der Waals surface area contributed by atoms with Crippen LogP contribution in [-0.2, 0) is 0 Å². The van der Waals surface area contributed by atoms with Crippen LogP contribution in [0.1, 0.15) is 19.3 Å². The van der Waals surface area contributed by atoms with Crippen molar-refractivity contribution in [2.45, 2.75) is 19.3 Å². The zero-order valence-corrected chi connectivity index (χ0v) is 6.79. The highest BCUT2D eigenvalue weighted by molar-refractivity contribution is 5.25.